The number of benzene rings is 6. The van der Waals surface area contributed by atoms with Crippen LogP contribution in [0.4, 0.5) is 17.1 Å². The fourth-order valence-corrected chi connectivity index (χ4v) is 6.41. The summed E-state index contributed by atoms with van der Waals surface area (Å²) in [6.07, 6.45) is 0. The molecule has 39 heavy (non-hydrogen) atoms. The highest BCUT2D eigenvalue weighted by molar-refractivity contribution is 6.98. The summed E-state index contributed by atoms with van der Waals surface area (Å²) in [6.45, 7) is 0.201. The minimum Gasteiger partial charge on any atom is -0.310 e. The molecule has 0 atom stereocenters. The van der Waals surface area contributed by atoms with Crippen molar-refractivity contribution in [1.29, 1.82) is 0 Å². The SMILES string of the molecule is c1ccc(B2c3ccccc3-n3c4ccc(N(c5ccccc5)c5ccccc5)cc4c4cccc2c43)cc1. The van der Waals surface area contributed by atoms with Crippen LogP contribution in [0.3, 0.4) is 0 Å². The highest BCUT2D eigenvalue weighted by Crippen LogP contribution is 2.39. The van der Waals surface area contributed by atoms with Gasteiger partial charge < -0.3 is 9.47 Å². The smallest absolute Gasteiger partial charge is 0.246 e. The molecule has 0 amide bonds. The number of hydrogen-bond acceptors (Lipinski definition) is 1. The third-order valence-electron chi connectivity index (χ3n) is 8.02. The number of para-hydroxylation sites is 4. The molecule has 0 radical (unpaired) electrons. The van der Waals surface area contributed by atoms with Gasteiger partial charge in [0.2, 0.25) is 6.71 Å². The van der Waals surface area contributed by atoms with Crippen LogP contribution in [0.15, 0.2) is 152 Å². The zero-order valence-corrected chi connectivity index (χ0v) is 21.4. The van der Waals surface area contributed by atoms with Crippen LogP contribution in [0.5, 0.6) is 0 Å². The van der Waals surface area contributed by atoms with Crippen LogP contribution in [-0.4, -0.2) is 11.3 Å². The summed E-state index contributed by atoms with van der Waals surface area (Å²) in [5.41, 5.74) is 11.3. The first-order chi connectivity index (χ1) is 19.4. The molecule has 182 valence electrons. The molecule has 0 N–H and O–H groups in total. The number of fused-ring (bicyclic) bond motifs is 5. The monoisotopic (exact) mass is 496 g/mol. The standard InChI is InChI=1S/C36H25BN2/c1-4-13-26(14-5-1)37-32-20-10-11-22-35(32)39-34-24-23-29(25-31(34)30-19-12-21-33(37)36(30)39)38(27-15-6-2-7-16-27)28-17-8-3-9-18-28/h1-25H. The third kappa shape index (κ3) is 3.37. The Bertz CT molecular complexity index is 1920. The highest BCUT2D eigenvalue weighted by atomic mass is 15.1. The van der Waals surface area contributed by atoms with Crippen molar-refractivity contribution in [1.82, 2.24) is 4.57 Å². The third-order valence-corrected chi connectivity index (χ3v) is 8.02. The van der Waals surface area contributed by atoms with Crippen LogP contribution in [-0.2, 0) is 0 Å². The van der Waals surface area contributed by atoms with Crippen molar-refractivity contribution in [2.24, 2.45) is 0 Å². The Morgan fingerprint density at radius 2 is 1.08 bits per heavy atom. The molecule has 1 aromatic heterocycles. The van der Waals surface area contributed by atoms with Gasteiger partial charge in [0.25, 0.3) is 0 Å². The van der Waals surface area contributed by atoms with Crippen molar-refractivity contribution < 1.29 is 0 Å². The topological polar surface area (TPSA) is 8.17 Å². The first-order valence-electron chi connectivity index (χ1n) is 13.5. The van der Waals surface area contributed by atoms with Crippen molar-refractivity contribution in [3.8, 4) is 5.69 Å². The number of anilines is 3. The molecule has 1 aliphatic heterocycles. The van der Waals surface area contributed by atoms with E-state index in [2.05, 4.69) is 161 Å². The molecule has 0 spiro atoms. The Balaban J connectivity index is 1.42. The Morgan fingerprint density at radius 3 is 1.79 bits per heavy atom. The van der Waals surface area contributed by atoms with Crippen LogP contribution in [0.25, 0.3) is 27.5 Å². The molecular formula is C36H25BN2. The van der Waals surface area contributed by atoms with Gasteiger partial charge in [-0.15, -0.1) is 0 Å². The van der Waals surface area contributed by atoms with Gasteiger partial charge in [0.15, 0.2) is 0 Å². The van der Waals surface area contributed by atoms with Gasteiger partial charge in [-0.05, 0) is 59.5 Å². The van der Waals surface area contributed by atoms with Crippen molar-refractivity contribution >= 4 is 62.0 Å². The molecule has 7 aromatic rings. The molecule has 6 aromatic carbocycles. The lowest BCUT2D eigenvalue weighted by atomic mass is 9.35. The van der Waals surface area contributed by atoms with Gasteiger partial charge in [0.1, 0.15) is 0 Å². The zero-order valence-electron chi connectivity index (χ0n) is 21.4. The highest BCUT2D eigenvalue weighted by Gasteiger charge is 2.33. The summed E-state index contributed by atoms with van der Waals surface area (Å²) >= 11 is 0. The number of rotatable bonds is 4. The first kappa shape index (κ1) is 22.0. The Morgan fingerprint density at radius 1 is 0.462 bits per heavy atom. The van der Waals surface area contributed by atoms with Gasteiger partial charge in [-0.1, -0.05) is 109 Å². The molecule has 8 rings (SSSR count). The Labute approximate surface area is 228 Å². The van der Waals surface area contributed by atoms with Crippen LogP contribution in [0, 0.1) is 0 Å². The van der Waals surface area contributed by atoms with Crippen molar-refractivity contribution in [2.75, 3.05) is 4.90 Å². The molecule has 0 saturated heterocycles. The van der Waals surface area contributed by atoms with Crippen molar-refractivity contribution in [3.63, 3.8) is 0 Å². The van der Waals surface area contributed by atoms with E-state index in [-0.39, 0.29) is 6.71 Å². The fraction of sp³-hybridized carbons (Fsp3) is 0. The lowest BCUT2D eigenvalue weighted by Crippen LogP contribution is -2.55. The molecule has 0 unspecified atom stereocenters. The van der Waals surface area contributed by atoms with E-state index < -0.39 is 0 Å². The van der Waals surface area contributed by atoms with Gasteiger partial charge in [-0.25, -0.2) is 0 Å². The lowest BCUT2D eigenvalue weighted by molar-refractivity contribution is 1.19. The van der Waals surface area contributed by atoms with E-state index in [9.17, 15) is 0 Å². The fourth-order valence-electron chi connectivity index (χ4n) is 6.41. The second-order valence-electron chi connectivity index (χ2n) is 10.2. The van der Waals surface area contributed by atoms with Gasteiger partial charge in [-0.3, -0.25) is 0 Å². The average Bonchev–Trinajstić information content (AvgIpc) is 3.34. The quantitative estimate of drug-likeness (QED) is 0.236. The van der Waals surface area contributed by atoms with E-state index in [1.165, 1.54) is 43.9 Å². The maximum atomic E-state index is 2.48. The van der Waals surface area contributed by atoms with Crippen LogP contribution in [0.1, 0.15) is 0 Å². The molecular weight excluding hydrogens is 471 g/mol. The van der Waals surface area contributed by atoms with E-state index in [1.54, 1.807) is 0 Å². The molecule has 1 aliphatic rings. The number of hydrogen-bond donors (Lipinski definition) is 0. The summed E-state index contributed by atoms with van der Waals surface area (Å²) in [4.78, 5) is 2.34. The van der Waals surface area contributed by atoms with Crippen molar-refractivity contribution in [3.05, 3.63) is 152 Å². The molecule has 2 heterocycles. The Kier molecular flexibility index (Phi) is 4.96. The van der Waals surface area contributed by atoms with Gasteiger partial charge in [0, 0.05) is 39.0 Å². The average molecular weight is 496 g/mol. The summed E-state index contributed by atoms with van der Waals surface area (Å²) in [6, 6.07) is 54.8. The zero-order chi connectivity index (χ0) is 25.8. The minimum atomic E-state index is 0.201. The normalized spacial score (nSPS) is 12.1. The predicted molar refractivity (Wildman–Crippen MR) is 167 cm³/mol. The van der Waals surface area contributed by atoms with E-state index >= 15 is 0 Å². The number of nitrogens with zero attached hydrogens (tertiary/aromatic N) is 2. The minimum absolute atomic E-state index is 0.201. The second-order valence-corrected chi connectivity index (χ2v) is 10.2. The van der Waals surface area contributed by atoms with E-state index in [0.29, 0.717) is 0 Å². The summed E-state index contributed by atoms with van der Waals surface area (Å²) in [7, 11) is 0. The molecule has 0 aliphatic carbocycles. The van der Waals surface area contributed by atoms with E-state index in [0.717, 1.165) is 17.1 Å². The van der Waals surface area contributed by atoms with Crippen molar-refractivity contribution in [2.45, 2.75) is 0 Å². The van der Waals surface area contributed by atoms with Crippen LogP contribution >= 0.6 is 0 Å². The van der Waals surface area contributed by atoms with Gasteiger partial charge in [0.05, 0.1) is 5.52 Å². The van der Waals surface area contributed by atoms with Gasteiger partial charge in [-0.2, -0.15) is 0 Å². The molecule has 0 saturated carbocycles. The first-order valence-corrected chi connectivity index (χ1v) is 13.5. The maximum Gasteiger partial charge on any atom is 0.246 e. The van der Waals surface area contributed by atoms with E-state index in [1.807, 2.05) is 0 Å². The van der Waals surface area contributed by atoms with Crippen LogP contribution < -0.4 is 21.3 Å². The molecule has 0 bridgehead atoms. The molecule has 2 nitrogen and oxygen atoms in total. The molecule has 3 heteroatoms. The number of aromatic nitrogens is 1. The maximum absolute atomic E-state index is 2.48. The summed E-state index contributed by atoms with van der Waals surface area (Å²) < 4.78 is 2.48. The van der Waals surface area contributed by atoms with Gasteiger partial charge >= 0.3 is 0 Å². The summed E-state index contributed by atoms with van der Waals surface area (Å²) in [5, 5.41) is 2.56. The lowest BCUT2D eigenvalue weighted by Gasteiger charge is -2.27. The van der Waals surface area contributed by atoms with E-state index in [4.69, 9.17) is 0 Å². The molecule has 0 fully saturated rings. The second kappa shape index (κ2) is 8.78. The summed E-state index contributed by atoms with van der Waals surface area (Å²) in [5.74, 6) is 0. The van der Waals surface area contributed by atoms with Crippen LogP contribution in [0.2, 0.25) is 0 Å². The Hall–Kier alpha value is -5.02. The largest absolute Gasteiger partial charge is 0.310 e. The predicted octanol–water partition coefficient (Wildman–Crippen LogP) is 7.08.